The summed E-state index contributed by atoms with van der Waals surface area (Å²) in [5.41, 5.74) is 3.72. The van der Waals surface area contributed by atoms with E-state index in [0.29, 0.717) is 12.4 Å². The van der Waals surface area contributed by atoms with Crippen molar-refractivity contribution in [3.8, 4) is 0 Å². The van der Waals surface area contributed by atoms with Gasteiger partial charge in [0.05, 0.1) is 30.0 Å². The van der Waals surface area contributed by atoms with Crippen molar-refractivity contribution in [2.75, 3.05) is 32.7 Å². The predicted octanol–water partition coefficient (Wildman–Crippen LogP) is 4.36. The third-order valence-corrected chi connectivity index (χ3v) is 6.35. The van der Waals surface area contributed by atoms with E-state index < -0.39 is 0 Å². The fourth-order valence-corrected chi connectivity index (χ4v) is 4.67. The van der Waals surface area contributed by atoms with E-state index in [-0.39, 0.29) is 29.9 Å². The van der Waals surface area contributed by atoms with Gasteiger partial charge >= 0.3 is 0 Å². The Kier molecular flexibility index (Phi) is 6.47. The van der Waals surface area contributed by atoms with Crippen LogP contribution in [0.15, 0.2) is 72.8 Å². The molecule has 0 saturated carbocycles. The van der Waals surface area contributed by atoms with Crippen molar-refractivity contribution in [2.45, 2.75) is 12.5 Å². The quantitative estimate of drug-likeness (QED) is 0.445. The molecule has 1 N–H and O–H groups in total. The number of hydrogen-bond acceptors (Lipinski definition) is 4. The van der Waals surface area contributed by atoms with Crippen molar-refractivity contribution in [1.82, 2.24) is 19.8 Å². The number of hydrogen-bond donors (Lipinski definition) is 1. The zero-order valence-corrected chi connectivity index (χ0v) is 18.8. The normalized spacial score (nSPS) is 15.3. The van der Waals surface area contributed by atoms with E-state index in [2.05, 4.69) is 19.8 Å². The molecule has 1 saturated heterocycles. The second-order valence-electron chi connectivity index (χ2n) is 8.73. The lowest BCUT2D eigenvalue weighted by Crippen LogP contribution is -2.49. The number of rotatable bonds is 7. The lowest BCUT2D eigenvalue weighted by Gasteiger charge is -2.39. The number of fused-ring (bicyclic) bond motifs is 1. The molecule has 1 aromatic heterocycles. The molecular formula is C27H26F2N4O. The average molecular weight is 461 g/mol. The largest absolute Gasteiger partial charge is 0.342 e. The maximum Gasteiger partial charge on any atom is 0.154 e. The Labute approximate surface area is 197 Å². The summed E-state index contributed by atoms with van der Waals surface area (Å²) in [6.07, 6.45) is 0.280. The maximum atomic E-state index is 13.5. The van der Waals surface area contributed by atoms with Crippen LogP contribution in [-0.2, 0) is 11.2 Å². The summed E-state index contributed by atoms with van der Waals surface area (Å²) in [6, 6.07) is 20.6. The monoisotopic (exact) mass is 460 g/mol. The van der Waals surface area contributed by atoms with Gasteiger partial charge in [-0.3, -0.25) is 14.6 Å². The molecule has 0 unspecified atom stereocenters. The first-order valence-electron chi connectivity index (χ1n) is 11.5. The van der Waals surface area contributed by atoms with Gasteiger partial charge in [0.2, 0.25) is 0 Å². The highest BCUT2D eigenvalue weighted by Gasteiger charge is 2.27. The molecule has 1 fully saturated rings. The Balaban J connectivity index is 1.23. The molecule has 1 aliphatic rings. The number of para-hydroxylation sites is 2. The van der Waals surface area contributed by atoms with Crippen LogP contribution >= 0.6 is 0 Å². The first-order valence-corrected chi connectivity index (χ1v) is 11.5. The Morgan fingerprint density at radius 3 is 2.03 bits per heavy atom. The minimum absolute atomic E-state index is 0.102. The molecule has 1 aliphatic heterocycles. The number of H-pyrrole nitrogens is 1. The van der Waals surface area contributed by atoms with Gasteiger partial charge in [0, 0.05) is 26.2 Å². The zero-order chi connectivity index (χ0) is 23.5. The molecule has 5 rings (SSSR count). The van der Waals surface area contributed by atoms with Crippen LogP contribution in [0.25, 0.3) is 11.0 Å². The van der Waals surface area contributed by atoms with Gasteiger partial charge in [-0.1, -0.05) is 36.4 Å². The van der Waals surface area contributed by atoms with Gasteiger partial charge in [-0.25, -0.2) is 13.8 Å². The van der Waals surface area contributed by atoms with Gasteiger partial charge in [-0.15, -0.1) is 0 Å². The van der Waals surface area contributed by atoms with E-state index >= 15 is 0 Å². The number of benzene rings is 3. The number of aromatic nitrogens is 2. The number of carbonyl (C=O) groups is 1. The van der Waals surface area contributed by atoms with Crippen molar-refractivity contribution < 1.29 is 13.6 Å². The maximum absolute atomic E-state index is 13.5. The van der Waals surface area contributed by atoms with Crippen LogP contribution in [0.2, 0.25) is 0 Å². The van der Waals surface area contributed by atoms with Crippen LogP contribution in [0.5, 0.6) is 0 Å². The number of piperazine rings is 1. The first kappa shape index (κ1) is 22.4. The SMILES string of the molecule is O=C(Cc1nc2ccccc2[nH]1)CN1CCN(C(c2ccc(F)cc2)c2ccc(F)cc2)CC1. The highest BCUT2D eigenvalue weighted by Crippen LogP contribution is 2.30. The van der Waals surface area contributed by atoms with E-state index in [1.165, 1.54) is 24.3 Å². The number of nitrogens with zero attached hydrogens (tertiary/aromatic N) is 3. The molecule has 2 heterocycles. The fourth-order valence-electron chi connectivity index (χ4n) is 4.67. The van der Waals surface area contributed by atoms with Gasteiger partial charge in [-0.2, -0.15) is 0 Å². The van der Waals surface area contributed by atoms with Crippen LogP contribution in [0.1, 0.15) is 23.0 Å². The molecular weight excluding hydrogens is 434 g/mol. The molecule has 4 aromatic rings. The molecule has 34 heavy (non-hydrogen) atoms. The Morgan fingerprint density at radius 2 is 1.44 bits per heavy atom. The topological polar surface area (TPSA) is 52.2 Å². The standard InChI is InChI=1S/C27H26F2N4O/c28-21-9-5-19(6-10-21)27(20-7-11-22(29)12-8-20)33-15-13-32(14-16-33)18-23(34)17-26-30-24-3-1-2-4-25(24)31-26/h1-12,27H,13-18H2,(H,30,31). The van der Waals surface area contributed by atoms with E-state index in [1.807, 2.05) is 24.3 Å². The van der Waals surface area contributed by atoms with Gasteiger partial charge in [-0.05, 0) is 47.5 Å². The van der Waals surface area contributed by atoms with Crippen LogP contribution < -0.4 is 0 Å². The highest BCUT2D eigenvalue weighted by molar-refractivity contribution is 5.83. The first-order chi connectivity index (χ1) is 16.5. The van der Waals surface area contributed by atoms with Crippen molar-refractivity contribution in [3.05, 3.63) is 101 Å². The summed E-state index contributed by atoms with van der Waals surface area (Å²) in [6.45, 7) is 3.35. The van der Waals surface area contributed by atoms with E-state index in [9.17, 15) is 13.6 Å². The van der Waals surface area contributed by atoms with Crippen LogP contribution in [0, 0.1) is 11.6 Å². The second kappa shape index (κ2) is 9.83. The number of halogens is 2. The van der Waals surface area contributed by atoms with Crippen LogP contribution in [0.3, 0.4) is 0 Å². The number of nitrogens with one attached hydrogen (secondary N) is 1. The Bertz CT molecular complexity index is 1180. The van der Waals surface area contributed by atoms with E-state index in [4.69, 9.17) is 0 Å². The molecule has 0 atom stereocenters. The Morgan fingerprint density at radius 1 is 0.853 bits per heavy atom. The van der Waals surface area contributed by atoms with E-state index in [0.717, 1.165) is 48.3 Å². The van der Waals surface area contributed by atoms with E-state index in [1.54, 1.807) is 24.3 Å². The molecule has 174 valence electrons. The lowest BCUT2D eigenvalue weighted by atomic mass is 9.96. The Hall–Kier alpha value is -3.42. The fraction of sp³-hybridized carbons (Fsp3) is 0.259. The third-order valence-electron chi connectivity index (χ3n) is 6.35. The minimum Gasteiger partial charge on any atom is -0.342 e. The summed E-state index contributed by atoms with van der Waals surface area (Å²) in [4.78, 5) is 24.9. The molecule has 3 aromatic carbocycles. The highest BCUT2D eigenvalue weighted by atomic mass is 19.1. The predicted molar refractivity (Wildman–Crippen MR) is 127 cm³/mol. The molecule has 0 amide bonds. The van der Waals surface area contributed by atoms with Gasteiger partial charge in [0.1, 0.15) is 17.5 Å². The van der Waals surface area contributed by atoms with Crippen molar-refractivity contribution in [1.29, 1.82) is 0 Å². The summed E-state index contributed by atoms with van der Waals surface area (Å²) in [5.74, 6) is 0.252. The summed E-state index contributed by atoms with van der Waals surface area (Å²) < 4.78 is 27.1. The van der Waals surface area contributed by atoms with Gasteiger partial charge < -0.3 is 4.98 Å². The molecule has 5 nitrogen and oxygen atoms in total. The number of aromatic amines is 1. The summed E-state index contributed by atoms with van der Waals surface area (Å²) >= 11 is 0. The average Bonchev–Trinajstić information content (AvgIpc) is 3.25. The lowest BCUT2D eigenvalue weighted by molar-refractivity contribution is -0.120. The van der Waals surface area contributed by atoms with Crippen molar-refractivity contribution in [2.24, 2.45) is 0 Å². The molecule has 0 bridgehead atoms. The molecule has 0 spiro atoms. The van der Waals surface area contributed by atoms with Crippen LogP contribution in [-0.4, -0.2) is 58.3 Å². The smallest absolute Gasteiger partial charge is 0.154 e. The van der Waals surface area contributed by atoms with Crippen LogP contribution in [0.4, 0.5) is 8.78 Å². The third kappa shape index (κ3) is 5.05. The number of ketones is 1. The summed E-state index contributed by atoms with van der Waals surface area (Å²) in [7, 11) is 0. The minimum atomic E-state index is -0.283. The number of imidazole rings is 1. The molecule has 7 heteroatoms. The number of Topliss-reactive ketones (excluding diaryl/α,β-unsaturated/α-hetero) is 1. The second-order valence-corrected chi connectivity index (χ2v) is 8.73. The molecule has 0 radical (unpaired) electrons. The van der Waals surface area contributed by atoms with Crippen molar-refractivity contribution >= 4 is 16.8 Å². The zero-order valence-electron chi connectivity index (χ0n) is 18.8. The summed E-state index contributed by atoms with van der Waals surface area (Å²) in [5, 5.41) is 0. The molecule has 0 aliphatic carbocycles. The van der Waals surface area contributed by atoms with Crippen molar-refractivity contribution in [3.63, 3.8) is 0 Å². The van der Waals surface area contributed by atoms with Gasteiger partial charge in [0.25, 0.3) is 0 Å². The number of carbonyl (C=O) groups excluding carboxylic acids is 1. The van der Waals surface area contributed by atoms with Gasteiger partial charge in [0.15, 0.2) is 5.78 Å².